The number of hydrogen-bond donors (Lipinski definition) is 5. The van der Waals surface area contributed by atoms with Crippen molar-refractivity contribution in [3.05, 3.63) is 0 Å². The second kappa shape index (κ2) is 22.7. The van der Waals surface area contributed by atoms with Gasteiger partial charge in [-0.3, -0.25) is 19.4 Å². The van der Waals surface area contributed by atoms with Crippen molar-refractivity contribution in [2.24, 2.45) is 0 Å². The van der Waals surface area contributed by atoms with Crippen molar-refractivity contribution < 1.29 is 33.9 Å². The molecule has 35 heavy (non-hydrogen) atoms. The highest BCUT2D eigenvalue weighted by Crippen LogP contribution is 2.28. The van der Waals surface area contributed by atoms with Gasteiger partial charge < -0.3 is 14.6 Å². The molecule has 1 heterocycles. The van der Waals surface area contributed by atoms with Crippen LogP contribution >= 0.6 is 0 Å². The van der Waals surface area contributed by atoms with Crippen LogP contribution in [0.4, 0.5) is 0 Å². The Bertz CT molecular complexity index is 468. The molecular formula is C24H52N4O7. The van der Waals surface area contributed by atoms with E-state index in [2.05, 4.69) is 49.6 Å². The first-order valence-corrected chi connectivity index (χ1v) is 13.6. The third-order valence-corrected chi connectivity index (χ3v) is 5.34. The Balaban J connectivity index is 2.99. The number of aliphatic hydroxyl groups excluding tert-OH is 1. The predicted octanol–water partition coefficient (Wildman–Crippen LogP) is 2.11. The van der Waals surface area contributed by atoms with Crippen LogP contribution in [0.15, 0.2) is 0 Å². The number of nitrogens with one attached hydrogen (secondary N) is 4. The standard InChI is InChI=1S/C24H52N4O7/c1-5-13-25-31-19-20-21(33-26-14-6-2)22(34-27-15-7-3)23(35-28-16-8-4)24(32-20)30-18-12-10-9-11-17-29/h20-29H,5-19H2,1-4H3/t20-,21-,22+,23-,24-/m1/s1. The van der Waals surface area contributed by atoms with E-state index < -0.39 is 30.7 Å². The van der Waals surface area contributed by atoms with Gasteiger partial charge >= 0.3 is 0 Å². The zero-order chi connectivity index (χ0) is 25.6. The molecule has 5 N–H and O–H groups in total. The van der Waals surface area contributed by atoms with Crippen LogP contribution in [0.5, 0.6) is 0 Å². The summed E-state index contributed by atoms with van der Waals surface area (Å²) in [5.74, 6) is 0. The maximum absolute atomic E-state index is 8.99. The fourth-order valence-corrected chi connectivity index (χ4v) is 3.40. The molecule has 0 aromatic rings. The monoisotopic (exact) mass is 508 g/mol. The van der Waals surface area contributed by atoms with Crippen LogP contribution in [-0.2, 0) is 28.8 Å². The summed E-state index contributed by atoms with van der Waals surface area (Å²) >= 11 is 0. The molecule has 5 atom stereocenters. The van der Waals surface area contributed by atoms with E-state index in [1.807, 2.05) is 0 Å². The van der Waals surface area contributed by atoms with Gasteiger partial charge in [-0.05, 0) is 38.5 Å². The second-order valence-electron chi connectivity index (χ2n) is 8.69. The largest absolute Gasteiger partial charge is 0.396 e. The van der Waals surface area contributed by atoms with Gasteiger partial charge in [0.2, 0.25) is 0 Å². The summed E-state index contributed by atoms with van der Waals surface area (Å²) in [6.45, 7) is 12.1. The molecule has 0 spiro atoms. The van der Waals surface area contributed by atoms with Crippen LogP contribution < -0.4 is 21.9 Å². The fourth-order valence-electron chi connectivity index (χ4n) is 3.40. The molecule has 0 bridgehead atoms. The molecule has 1 aliphatic heterocycles. The molecule has 0 aromatic carbocycles. The van der Waals surface area contributed by atoms with Crippen LogP contribution in [0.1, 0.15) is 79.1 Å². The Hall–Kier alpha value is -0.440. The Morgan fingerprint density at radius 1 is 0.657 bits per heavy atom. The minimum absolute atomic E-state index is 0.219. The van der Waals surface area contributed by atoms with Crippen LogP contribution in [0, 0.1) is 0 Å². The van der Waals surface area contributed by atoms with Crippen molar-refractivity contribution in [1.82, 2.24) is 21.9 Å². The Kier molecular flexibility index (Phi) is 21.2. The summed E-state index contributed by atoms with van der Waals surface area (Å²) in [6, 6.07) is 0. The molecule has 0 aliphatic carbocycles. The molecule has 210 valence electrons. The summed E-state index contributed by atoms with van der Waals surface area (Å²) in [6.07, 6.45) is 4.60. The summed E-state index contributed by atoms with van der Waals surface area (Å²) in [5, 5.41) is 8.99. The van der Waals surface area contributed by atoms with Gasteiger partial charge in [-0.25, -0.2) is 21.9 Å². The van der Waals surface area contributed by atoms with E-state index in [0.717, 1.165) is 57.9 Å². The average molecular weight is 509 g/mol. The molecule has 0 saturated carbocycles. The predicted molar refractivity (Wildman–Crippen MR) is 134 cm³/mol. The van der Waals surface area contributed by atoms with E-state index in [1.54, 1.807) is 0 Å². The maximum Gasteiger partial charge on any atom is 0.189 e. The quantitative estimate of drug-likeness (QED) is 0.0973. The molecule has 1 rings (SSSR count). The lowest BCUT2D eigenvalue weighted by atomic mass is 9.99. The van der Waals surface area contributed by atoms with Crippen molar-refractivity contribution in [1.29, 1.82) is 0 Å². The third-order valence-electron chi connectivity index (χ3n) is 5.34. The normalized spacial score (nSPS) is 24.8. The molecule has 0 aromatic heterocycles. The van der Waals surface area contributed by atoms with Crippen molar-refractivity contribution in [3.8, 4) is 0 Å². The van der Waals surface area contributed by atoms with Crippen molar-refractivity contribution >= 4 is 0 Å². The molecular weight excluding hydrogens is 456 g/mol. The molecule has 11 heteroatoms. The van der Waals surface area contributed by atoms with E-state index in [0.29, 0.717) is 26.2 Å². The average Bonchev–Trinajstić information content (AvgIpc) is 2.86. The number of unbranched alkanes of at least 4 members (excludes halogenated alkanes) is 3. The van der Waals surface area contributed by atoms with Gasteiger partial charge in [0, 0.05) is 39.4 Å². The van der Waals surface area contributed by atoms with Crippen LogP contribution in [0.2, 0.25) is 0 Å². The first kappa shape index (κ1) is 32.6. The third kappa shape index (κ3) is 14.2. The highest BCUT2D eigenvalue weighted by atomic mass is 16.8. The number of aliphatic hydroxyl groups is 1. The molecule has 0 radical (unpaired) electrons. The minimum atomic E-state index is -0.670. The van der Waals surface area contributed by atoms with Gasteiger partial charge in [-0.2, -0.15) is 0 Å². The number of rotatable bonds is 24. The number of hydrogen-bond acceptors (Lipinski definition) is 11. The van der Waals surface area contributed by atoms with E-state index >= 15 is 0 Å². The van der Waals surface area contributed by atoms with E-state index in [1.165, 1.54) is 0 Å². The van der Waals surface area contributed by atoms with Gasteiger partial charge in [-0.15, -0.1) is 0 Å². The van der Waals surface area contributed by atoms with Crippen molar-refractivity contribution in [2.45, 2.75) is 110 Å². The Labute approximate surface area is 212 Å². The van der Waals surface area contributed by atoms with Crippen molar-refractivity contribution in [2.75, 3.05) is 46.0 Å². The molecule has 1 fully saturated rings. The first-order valence-electron chi connectivity index (χ1n) is 13.6. The van der Waals surface area contributed by atoms with E-state index in [4.69, 9.17) is 33.9 Å². The van der Waals surface area contributed by atoms with Crippen LogP contribution in [0.3, 0.4) is 0 Å². The van der Waals surface area contributed by atoms with E-state index in [9.17, 15) is 0 Å². The Morgan fingerprint density at radius 3 is 1.80 bits per heavy atom. The molecule has 11 nitrogen and oxygen atoms in total. The number of hydroxylamine groups is 4. The van der Waals surface area contributed by atoms with Crippen molar-refractivity contribution in [3.63, 3.8) is 0 Å². The van der Waals surface area contributed by atoms with Gasteiger partial charge in [0.05, 0.1) is 6.61 Å². The lowest BCUT2D eigenvalue weighted by Crippen LogP contribution is -2.64. The highest BCUT2D eigenvalue weighted by Gasteiger charge is 2.50. The Morgan fingerprint density at radius 2 is 1.20 bits per heavy atom. The zero-order valence-electron chi connectivity index (χ0n) is 22.4. The zero-order valence-corrected chi connectivity index (χ0v) is 22.4. The highest BCUT2D eigenvalue weighted by molar-refractivity contribution is 4.92. The smallest absolute Gasteiger partial charge is 0.189 e. The second-order valence-corrected chi connectivity index (χ2v) is 8.69. The fraction of sp³-hybridized carbons (Fsp3) is 1.00. The van der Waals surface area contributed by atoms with Gasteiger partial charge in [-0.1, -0.05) is 40.5 Å². The van der Waals surface area contributed by atoms with Gasteiger partial charge in [0.15, 0.2) is 12.4 Å². The number of ether oxygens (including phenoxy) is 2. The lowest BCUT2D eigenvalue weighted by Gasteiger charge is -2.44. The van der Waals surface area contributed by atoms with Crippen LogP contribution in [0.25, 0.3) is 0 Å². The summed E-state index contributed by atoms with van der Waals surface area (Å²) in [4.78, 5) is 23.9. The molecule has 0 amide bonds. The molecule has 1 aliphatic rings. The van der Waals surface area contributed by atoms with Gasteiger partial charge in [0.25, 0.3) is 0 Å². The summed E-state index contributed by atoms with van der Waals surface area (Å²) in [7, 11) is 0. The SMILES string of the molecule is CCCNOC[C@H]1O[C@@H](OCCCCCCO)[C@H](ONCCC)[C@@H](ONCCC)[C@@H]1ONCCC. The topological polar surface area (TPSA) is 124 Å². The van der Waals surface area contributed by atoms with Gasteiger partial charge in [0.1, 0.15) is 18.3 Å². The summed E-state index contributed by atoms with van der Waals surface area (Å²) in [5.41, 5.74) is 12.1. The molecule has 0 unspecified atom stereocenters. The minimum Gasteiger partial charge on any atom is -0.396 e. The first-order chi connectivity index (χ1) is 17.2. The van der Waals surface area contributed by atoms with Crippen LogP contribution in [-0.4, -0.2) is 81.8 Å². The lowest BCUT2D eigenvalue weighted by molar-refractivity contribution is -0.346. The maximum atomic E-state index is 8.99. The van der Waals surface area contributed by atoms with E-state index in [-0.39, 0.29) is 13.2 Å². The molecule has 1 saturated heterocycles. The summed E-state index contributed by atoms with van der Waals surface area (Å²) < 4.78 is 12.5.